The molecule has 1 saturated heterocycles. The number of nitrogens with zero attached hydrogens (tertiary/aromatic N) is 1. The van der Waals surface area contributed by atoms with E-state index in [1.807, 2.05) is 0 Å². The first kappa shape index (κ1) is 10.4. The van der Waals surface area contributed by atoms with E-state index in [1.54, 1.807) is 0 Å². The molecule has 1 unspecified atom stereocenters. The fraction of sp³-hybridized carbons (Fsp3) is 0.200. The van der Waals surface area contributed by atoms with E-state index in [-0.39, 0.29) is 5.57 Å². The van der Waals surface area contributed by atoms with Gasteiger partial charge in [-0.15, -0.1) is 0 Å². The Kier molecular flexibility index (Phi) is 2.67. The quantitative estimate of drug-likeness (QED) is 0.612. The monoisotopic (exact) mass is 193 g/mol. The molecule has 1 aliphatic heterocycles. The van der Waals surface area contributed by atoms with E-state index in [0.29, 0.717) is 5.57 Å². The Balaban J connectivity index is 3.15. The third kappa shape index (κ3) is 1.40. The number of aliphatic hydroxyl groups excluding tert-OH is 1. The smallest absolute Gasteiger partial charge is 0.262 e. The van der Waals surface area contributed by atoms with Crippen LogP contribution in [0.15, 0.2) is 36.5 Å². The average Bonchev–Trinajstić information content (AvgIpc) is 2.30. The van der Waals surface area contributed by atoms with Crippen LogP contribution in [0.1, 0.15) is 6.92 Å². The van der Waals surface area contributed by atoms with Crippen LogP contribution in [0.5, 0.6) is 0 Å². The van der Waals surface area contributed by atoms with Crippen LogP contribution in [-0.4, -0.2) is 28.0 Å². The Labute approximate surface area is 81.8 Å². The molecular weight excluding hydrogens is 182 g/mol. The molecular formula is C10H11NO3. The second kappa shape index (κ2) is 3.59. The fourth-order valence-electron chi connectivity index (χ4n) is 1.30. The van der Waals surface area contributed by atoms with Crippen LogP contribution in [0.3, 0.4) is 0 Å². The Morgan fingerprint density at radius 3 is 2.57 bits per heavy atom. The average molecular weight is 193 g/mol. The van der Waals surface area contributed by atoms with Crippen molar-refractivity contribution in [2.75, 3.05) is 0 Å². The van der Waals surface area contributed by atoms with Gasteiger partial charge in [0.25, 0.3) is 5.91 Å². The topological polar surface area (TPSA) is 57.6 Å². The van der Waals surface area contributed by atoms with Gasteiger partial charge >= 0.3 is 0 Å². The maximum Gasteiger partial charge on any atom is 0.262 e. The van der Waals surface area contributed by atoms with Gasteiger partial charge in [-0.05, 0) is 0 Å². The van der Waals surface area contributed by atoms with Gasteiger partial charge in [-0.2, -0.15) is 0 Å². The SMILES string of the molecule is C=C/C=C1\C(=C)C(=O)N(C(C)=O)C1O. The Bertz CT molecular complexity index is 354. The van der Waals surface area contributed by atoms with E-state index in [4.69, 9.17) is 0 Å². The maximum absolute atomic E-state index is 11.4. The Morgan fingerprint density at radius 1 is 1.64 bits per heavy atom. The molecule has 4 heteroatoms. The largest absolute Gasteiger partial charge is 0.369 e. The summed E-state index contributed by atoms with van der Waals surface area (Å²) in [4.78, 5) is 23.2. The number of hydrogen-bond donors (Lipinski definition) is 1. The van der Waals surface area contributed by atoms with Crippen molar-refractivity contribution in [3.8, 4) is 0 Å². The van der Waals surface area contributed by atoms with Crippen molar-refractivity contribution in [1.29, 1.82) is 0 Å². The van der Waals surface area contributed by atoms with E-state index in [9.17, 15) is 14.7 Å². The molecule has 1 fully saturated rings. The molecule has 1 atom stereocenters. The van der Waals surface area contributed by atoms with Crippen molar-refractivity contribution >= 4 is 11.8 Å². The predicted octanol–water partition coefficient (Wildman–Crippen LogP) is 0.362. The second-order valence-corrected chi connectivity index (χ2v) is 2.90. The van der Waals surface area contributed by atoms with Crippen LogP contribution in [-0.2, 0) is 9.59 Å². The lowest BCUT2D eigenvalue weighted by atomic mass is 10.1. The van der Waals surface area contributed by atoms with Crippen molar-refractivity contribution in [3.05, 3.63) is 36.5 Å². The normalized spacial score (nSPS) is 24.6. The van der Waals surface area contributed by atoms with Crippen LogP contribution < -0.4 is 0 Å². The molecule has 74 valence electrons. The number of hydrogen-bond acceptors (Lipinski definition) is 3. The Hall–Kier alpha value is -1.68. The summed E-state index contributed by atoms with van der Waals surface area (Å²) in [5, 5.41) is 9.60. The van der Waals surface area contributed by atoms with Crippen LogP contribution >= 0.6 is 0 Å². The molecule has 0 spiro atoms. The van der Waals surface area contributed by atoms with Crippen LogP contribution in [0.4, 0.5) is 0 Å². The first-order valence-corrected chi connectivity index (χ1v) is 4.04. The fourth-order valence-corrected chi connectivity index (χ4v) is 1.30. The third-order valence-electron chi connectivity index (χ3n) is 1.98. The molecule has 0 bridgehead atoms. The van der Waals surface area contributed by atoms with Gasteiger partial charge in [0, 0.05) is 18.1 Å². The van der Waals surface area contributed by atoms with Gasteiger partial charge in [0.2, 0.25) is 5.91 Å². The van der Waals surface area contributed by atoms with Gasteiger partial charge in [-0.3, -0.25) is 9.59 Å². The maximum atomic E-state index is 11.4. The zero-order chi connectivity index (χ0) is 10.9. The minimum atomic E-state index is -1.23. The van der Waals surface area contributed by atoms with E-state index < -0.39 is 18.0 Å². The molecule has 1 N–H and O–H groups in total. The molecule has 0 saturated carbocycles. The lowest BCUT2D eigenvalue weighted by molar-refractivity contribution is -0.146. The van der Waals surface area contributed by atoms with Crippen molar-refractivity contribution in [3.63, 3.8) is 0 Å². The summed E-state index contributed by atoms with van der Waals surface area (Å²) in [6.45, 7) is 8.16. The number of imide groups is 1. The Morgan fingerprint density at radius 2 is 2.21 bits per heavy atom. The number of allylic oxidation sites excluding steroid dienone is 2. The summed E-state index contributed by atoms with van der Waals surface area (Å²) in [5.41, 5.74) is 0.452. The molecule has 1 rings (SSSR count). The highest BCUT2D eigenvalue weighted by molar-refractivity contribution is 6.09. The summed E-state index contributed by atoms with van der Waals surface area (Å²) < 4.78 is 0. The second-order valence-electron chi connectivity index (χ2n) is 2.90. The van der Waals surface area contributed by atoms with Gasteiger partial charge in [0.05, 0.1) is 0 Å². The van der Waals surface area contributed by atoms with E-state index in [0.717, 1.165) is 4.90 Å². The van der Waals surface area contributed by atoms with Crippen LogP contribution in [0, 0.1) is 0 Å². The molecule has 0 aromatic carbocycles. The summed E-state index contributed by atoms with van der Waals surface area (Å²) >= 11 is 0. The molecule has 2 amide bonds. The highest BCUT2D eigenvalue weighted by Gasteiger charge is 2.39. The van der Waals surface area contributed by atoms with Gasteiger partial charge < -0.3 is 5.11 Å². The highest BCUT2D eigenvalue weighted by Crippen LogP contribution is 2.27. The minimum Gasteiger partial charge on any atom is -0.369 e. The van der Waals surface area contributed by atoms with Gasteiger partial charge in [-0.25, -0.2) is 4.90 Å². The first-order chi connectivity index (χ1) is 6.50. The molecule has 4 nitrogen and oxygen atoms in total. The van der Waals surface area contributed by atoms with Crippen molar-refractivity contribution < 1.29 is 14.7 Å². The number of likely N-dealkylation sites (tertiary alicyclic amines) is 1. The molecule has 0 radical (unpaired) electrons. The molecule has 1 aliphatic rings. The van der Waals surface area contributed by atoms with E-state index in [2.05, 4.69) is 13.2 Å². The predicted molar refractivity (Wildman–Crippen MR) is 51.0 cm³/mol. The molecule has 1 heterocycles. The molecule has 0 aromatic heterocycles. The molecule has 0 aliphatic carbocycles. The van der Waals surface area contributed by atoms with Crippen LogP contribution in [0.25, 0.3) is 0 Å². The van der Waals surface area contributed by atoms with Gasteiger partial charge in [0.15, 0.2) is 6.23 Å². The number of amides is 2. The summed E-state index contributed by atoms with van der Waals surface area (Å²) in [6, 6.07) is 0. The number of aliphatic hydroxyl groups is 1. The summed E-state index contributed by atoms with van der Waals surface area (Å²) in [5.74, 6) is -1.06. The zero-order valence-electron chi connectivity index (χ0n) is 7.86. The molecule has 0 aromatic rings. The lowest BCUT2D eigenvalue weighted by Crippen LogP contribution is -2.37. The summed E-state index contributed by atoms with van der Waals surface area (Å²) in [7, 11) is 0. The van der Waals surface area contributed by atoms with Gasteiger partial charge in [-0.1, -0.05) is 25.3 Å². The highest BCUT2D eigenvalue weighted by atomic mass is 16.3. The number of rotatable bonds is 1. The first-order valence-electron chi connectivity index (χ1n) is 4.04. The van der Waals surface area contributed by atoms with Crippen molar-refractivity contribution in [1.82, 2.24) is 4.90 Å². The van der Waals surface area contributed by atoms with Gasteiger partial charge in [0.1, 0.15) is 0 Å². The molecule has 14 heavy (non-hydrogen) atoms. The standard InChI is InChI=1S/C10H11NO3/c1-4-5-8-6(2)9(13)11(7(3)12)10(8)14/h4-5,10,14H,1-2H2,3H3/b8-5+. The summed E-state index contributed by atoms with van der Waals surface area (Å²) in [6.07, 6.45) is 1.67. The lowest BCUT2D eigenvalue weighted by Gasteiger charge is -2.15. The number of carbonyl (C=O) groups is 2. The van der Waals surface area contributed by atoms with E-state index in [1.165, 1.54) is 19.1 Å². The third-order valence-corrected chi connectivity index (χ3v) is 1.98. The van der Waals surface area contributed by atoms with E-state index >= 15 is 0 Å². The van der Waals surface area contributed by atoms with Crippen molar-refractivity contribution in [2.24, 2.45) is 0 Å². The number of carbonyl (C=O) groups excluding carboxylic acids is 2. The van der Waals surface area contributed by atoms with Crippen molar-refractivity contribution in [2.45, 2.75) is 13.2 Å². The minimum absolute atomic E-state index is 0.132. The zero-order valence-corrected chi connectivity index (χ0v) is 7.86. The van der Waals surface area contributed by atoms with Crippen LogP contribution in [0.2, 0.25) is 0 Å².